The van der Waals surface area contributed by atoms with Crippen molar-refractivity contribution in [1.82, 2.24) is 0 Å². The summed E-state index contributed by atoms with van der Waals surface area (Å²) in [6, 6.07) is 10.8. The molecule has 0 spiro atoms. The summed E-state index contributed by atoms with van der Waals surface area (Å²) in [5.74, 6) is 1.53. The van der Waals surface area contributed by atoms with E-state index in [-0.39, 0.29) is 11.8 Å². The molecule has 164 valence electrons. The van der Waals surface area contributed by atoms with Gasteiger partial charge in [0.15, 0.2) is 17.6 Å². The van der Waals surface area contributed by atoms with Crippen molar-refractivity contribution in [1.29, 1.82) is 0 Å². The van der Waals surface area contributed by atoms with Gasteiger partial charge in [-0.1, -0.05) is 13.0 Å². The number of fused-ring (bicyclic) bond motifs is 1. The molecule has 1 N–H and O–H groups in total. The maximum atomic E-state index is 12.5. The zero-order chi connectivity index (χ0) is 22.4. The van der Waals surface area contributed by atoms with E-state index in [0.717, 1.165) is 12.0 Å². The van der Waals surface area contributed by atoms with Crippen molar-refractivity contribution in [3.05, 3.63) is 48.0 Å². The molecule has 0 bridgehead atoms. The molecule has 0 saturated heterocycles. The fourth-order valence-corrected chi connectivity index (χ4v) is 3.36. The van der Waals surface area contributed by atoms with Gasteiger partial charge in [-0.15, -0.1) is 0 Å². The first-order chi connectivity index (χ1) is 15.0. The molecule has 1 aliphatic heterocycles. The number of methoxy groups -OCH3 is 1. The lowest BCUT2D eigenvalue weighted by Gasteiger charge is -2.33. The molecule has 1 unspecified atom stereocenters. The van der Waals surface area contributed by atoms with Crippen molar-refractivity contribution in [2.75, 3.05) is 30.5 Å². The van der Waals surface area contributed by atoms with Crippen LogP contribution >= 0.6 is 0 Å². The Kier molecular flexibility index (Phi) is 7.18. The van der Waals surface area contributed by atoms with Crippen molar-refractivity contribution in [3.8, 4) is 17.2 Å². The first-order valence-electron chi connectivity index (χ1n) is 10.4. The van der Waals surface area contributed by atoms with Gasteiger partial charge in [0.2, 0.25) is 5.91 Å². The first-order valence-corrected chi connectivity index (χ1v) is 10.4. The molecular weight excluding hydrogens is 396 g/mol. The SMILES string of the molecule is CCCN1C(=O)C(C)Oc2ccc(NC(=O)/C=C/c3ccc(OCC)c(OC)c3)cc21. The van der Waals surface area contributed by atoms with Crippen LogP contribution in [0.15, 0.2) is 42.5 Å². The molecule has 1 atom stereocenters. The number of hydrogen-bond acceptors (Lipinski definition) is 5. The largest absolute Gasteiger partial charge is 0.493 e. The number of nitrogens with zero attached hydrogens (tertiary/aromatic N) is 1. The van der Waals surface area contributed by atoms with Crippen LogP contribution in [0.3, 0.4) is 0 Å². The lowest BCUT2D eigenvalue weighted by molar-refractivity contribution is -0.125. The number of carbonyl (C=O) groups is 2. The topological polar surface area (TPSA) is 77.1 Å². The first kappa shape index (κ1) is 22.2. The van der Waals surface area contributed by atoms with E-state index < -0.39 is 6.10 Å². The van der Waals surface area contributed by atoms with Gasteiger partial charge in [-0.05, 0) is 62.2 Å². The normalized spacial score (nSPS) is 15.4. The number of rotatable bonds is 8. The zero-order valence-electron chi connectivity index (χ0n) is 18.3. The Balaban J connectivity index is 1.73. The Morgan fingerprint density at radius 1 is 1.19 bits per heavy atom. The number of ether oxygens (including phenoxy) is 3. The highest BCUT2D eigenvalue weighted by molar-refractivity contribution is 6.04. The highest BCUT2D eigenvalue weighted by Gasteiger charge is 2.31. The van der Waals surface area contributed by atoms with Crippen molar-refractivity contribution >= 4 is 29.3 Å². The highest BCUT2D eigenvalue weighted by atomic mass is 16.5. The number of benzene rings is 2. The maximum Gasteiger partial charge on any atom is 0.267 e. The molecule has 7 nitrogen and oxygen atoms in total. The van der Waals surface area contributed by atoms with Gasteiger partial charge >= 0.3 is 0 Å². The fraction of sp³-hybridized carbons (Fsp3) is 0.333. The average Bonchev–Trinajstić information content (AvgIpc) is 2.76. The molecule has 0 aliphatic carbocycles. The molecule has 0 fully saturated rings. The van der Waals surface area contributed by atoms with Crippen molar-refractivity contribution < 1.29 is 23.8 Å². The summed E-state index contributed by atoms with van der Waals surface area (Å²) < 4.78 is 16.5. The minimum atomic E-state index is -0.520. The number of amides is 2. The van der Waals surface area contributed by atoms with E-state index in [0.29, 0.717) is 41.8 Å². The van der Waals surface area contributed by atoms with Crippen LogP contribution in [-0.2, 0) is 9.59 Å². The summed E-state index contributed by atoms with van der Waals surface area (Å²) in [6.07, 6.45) is 3.45. The summed E-state index contributed by atoms with van der Waals surface area (Å²) in [4.78, 5) is 26.6. The zero-order valence-corrected chi connectivity index (χ0v) is 18.3. The van der Waals surface area contributed by atoms with E-state index in [4.69, 9.17) is 14.2 Å². The van der Waals surface area contributed by atoms with E-state index in [1.165, 1.54) is 6.08 Å². The van der Waals surface area contributed by atoms with Crippen LogP contribution < -0.4 is 24.4 Å². The molecule has 2 aromatic carbocycles. The molecule has 2 aromatic rings. The quantitative estimate of drug-likeness (QED) is 0.641. The van der Waals surface area contributed by atoms with Crippen molar-refractivity contribution in [2.24, 2.45) is 0 Å². The monoisotopic (exact) mass is 424 g/mol. The average molecular weight is 424 g/mol. The Labute approximate surface area is 182 Å². The van der Waals surface area contributed by atoms with E-state index in [9.17, 15) is 9.59 Å². The van der Waals surface area contributed by atoms with Gasteiger partial charge in [0.05, 0.1) is 19.4 Å². The number of hydrogen-bond donors (Lipinski definition) is 1. The second kappa shape index (κ2) is 10.0. The maximum absolute atomic E-state index is 12.5. The Morgan fingerprint density at radius 2 is 2.00 bits per heavy atom. The van der Waals surface area contributed by atoms with Gasteiger partial charge in [-0.25, -0.2) is 0 Å². The van der Waals surface area contributed by atoms with Gasteiger partial charge in [0.1, 0.15) is 5.75 Å². The Morgan fingerprint density at radius 3 is 2.71 bits per heavy atom. The van der Waals surface area contributed by atoms with Gasteiger partial charge in [-0.3, -0.25) is 9.59 Å². The van der Waals surface area contributed by atoms with Crippen LogP contribution in [-0.4, -0.2) is 38.2 Å². The Bertz CT molecular complexity index is 986. The molecule has 0 radical (unpaired) electrons. The minimum absolute atomic E-state index is 0.0813. The van der Waals surface area contributed by atoms with E-state index in [2.05, 4.69) is 5.32 Å². The van der Waals surface area contributed by atoms with Crippen LogP contribution in [0, 0.1) is 0 Å². The Hall–Kier alpha value is -3.48. The van der Waals surface area contributed by atoms with Crippen LogP contribution in [0.1, 0.15) is 32.8 Å². The second-order valence-corrected chi connectivity index (χ2v) is 7.10. The predicted octanol–water partition coefficient (Wildman–Crippen LogP) is 4.27. The summed E-state index contributed by atoms with van der Waals surface area (Å²) in [5.41, 5.74) is 2.07. The van der Waals surface area contributed by atoms with E-state index in [1.807, 2.05) is 26.0 Å². The molecule has 3 rings (SSSR count). The van der Waals surface area contributed by atoms with Crippen LogP contribution in [0.2, 0.25) is 0 Å². The van der Waals surface area contributed by atoms with E-state index in [1.54, 1.807) is 49.3 Å². The molecule has 0 aromatic heterocycles. The highest BCUT2D eigenvalue weighted by Crippen LogP contribution is 2.36. The lowest BCUT2D eigenvalue weighted by Crippen LogP contribution is -2.44. The number of nitrogens with one attached hydrogen (secondary N) is 1. The molecular formula is C24H28N2O5. The molecule has 7 heteroatoms. The third-order valence-electron chi connectivity index (χ3n) is 4.80. The van der Waals surface area contributed by atoms with Crippen LogP contribution in [0.4, 0.5) is 11.4 Å². The number of anilines is 2. The predicted molar refractivity (Wildman–Crippen MR) is 121 cm³/mol. The smallest absolute Gasteiger partial charge is 0.267 e. The molecule has 1 aliphatic rings. The van der Waals surface area contributed by atoms with Crippen LogP contribution in [0.25, 0.3) is 6.08 Å². The summed E-state index contributed by atoms with van der Waals surface area (Å²) in [6.45, 7) is 6.79. The molecule has 31 heavy (non-hydrogen) atoms. The number of carbonyl (C=O) groups excluding carboxylic acids is 2. The van der Waals surface area contributed by atoms with Gasteiger partial charge in [-0.2, -0.15) is 0 Å². The lowest BCUT2D eigenvalue weighted by atomic mass is 10.1. The van der Waals surface area contributed by atoms with Gasteiger partial charge in [0, 0.05) is 18.3 Å². The minimum Gasteiger partial charge on any atom is -0.493 e. The standard InChI is InChI=1S/C24H28N2O5/c1-5-13-26-19-15-18(9-11-20(19)31-16(3)24(26)28)25-23(27)12-8-17-7-10-21(30-6-2)22(14-17)29-4/h7-12,14-16H,5-6,13H2,1-4H3,(H,25,27)/b12-8+. The molecule has 0 saturated carbocycles. The second-order valence-electron chi connectivity index (χ2n) is 7.10. The van der Waals surface area contributed by atoms with E-state index >= 15 is 0 Å². The summed E-state index contributed by atoms with van der Waals surface area (Å²) in [5, 5.41) is 2.84. The fourth-order valence-electron chi connectivity index (χ4n) is 3.36. The van der Waals surface area contributed by atoms with Gasteiger partial charge in [0.25, 0.3) is 5.91 Å². The molecule has 1 heterocycles. The van der Waals surface area contributed by atoms with Gasteiger partial charge < -0.3 is 24.4 Å². The summed E-state index contributed by atoms with van der Waals surface area (Å²) >= 11 is 0. The summed E-state index contributed by atoms with van der Waals surface area (Å²) in [7, 11) is 1.57. The third kappa shape index (κ3) is 5.17. The van der Waals surface area contributed by atoms with Crippen molar-refractivity contribution in [2.45, 2.75) is 33.3 Å². The van der Waals surface area contributed by atoms with Crippen molar-refractivity contribution in [3.63, 3.8) is 0 Å². The third-order valence-corrected chi connectivity index (χ3v) is 4.80. The van der Waals surface area contributed by atoms with Crippen LogP contribution in [0.5, 0.6) is 17.2 Å². The molecule has 2 amide bonds.